The third-order valence-electron chi connectivity index (χ3n) is 9.02. The Bertz CT molecular complexity index is 1630. The van der Waals surface area contributed by atoms with E-state index in [-0.39, 0.29) is 18.1 Å². The molecule has 1 aliphatic carbocycles. The summed E-state index contributed by atoms with van der Waals surface area (Å²) in [5.74, 6) is 1.48. The molecule has 1 aliphatic heterocycles. The Hall–Kier alpha value is -2.27. The molecule has 6 rings (SSSR count). The van der Waals surface area contributed by atoms with Gasteiger partial charge in [-0.05, 0) is 73.6 Å². The number of hydrogen-bond acceptors (Lipinski definition) is 7. The zero-order chi connectivity index (χ0) is 26.9. The maximum atomic E-state index is 12.1. The second-order valence-corrected chi connectivity index (χ2v) is 14.9. The van der Waals surface area contributed by atoms with Crippen LogP contribution in [-0.2, 0) is 9.84 Å². The Morgan fingerprint density at radius 2 is 1.95 bits per heavy atom. The van der Waals surface area contributed by atoms with Crippen molar-refractivity contribution in [1.29, 1.82) is 0 Å². The van der Waals surface area contributed by atoms with Crippen LogP contribution in [0.3, 0.4) is 0 Å². The van der Waals surface area contributed by atoms with Crippen molar-refractivity contribution in [3.63, 3.8) is 0 Å². The number of nitrogens with zero attached hydrogens (tertiary/aromatic N) is 4. The molecule has 204 valence electrons. The first-order valence-electron chi connectivity index (χ1n) is 13.6. The first-order chi connectivity index (χ1) is 18.1. The molecule has 2 N–H and O–H groups in total. The van der Waals surface area contributed by atoms with Crippen LogP contribution >= 0.6 is 11.3 Å². The molecule has 0 amide bonds. The van der Waals surface area contributed by atoms with E-state index in [1.165, 1.54) is 43.0 Å². The van der Waals surface area contributed by atoms with Crippen LogP contribution in [0.2, 0.25) is 0 Å². The lowest BCUT2D eigenvalue weighted by Gasteiger charge is -2.31. The summed E-state index contributed by atoms with van der Waals surface area (Å²) in [6.45, 7) is 12.4. The molecule has 1 saturated carbocycles. The van der Waals surface area contributed by atoms with Crippen LogP contribution < -0.4 is 0 Å². The van der Waals surface area contributed by atoms with Crippen molar-refractivity contribution in [1.82, 2.24) is 24.5 Å². The van der Waals surface area contributed by atoms with E-state index in [2.05, 4.69) is 60.8 Å². The summed E-state index contributed by atoms with van der Waals surface area (Å²) in [6.07, 6.45) is 5.96. The number of rotatable bonds is 8. The summed E-state index contributed by atoms with van der Waals surface area (Å²) in [4.78, 5) is 13.4. The van der Waals surface area contributed by atoms with Gasteiger partial charge in [-0.1, -0.05) is 13.8 Å². The minimum absolute atomic E-state index is 0.135. The van der Waals surface area contributed by atoms with E-state index in [0.29, 0.717) is 30.3 Å². The van der Waals surface area contributed by atoms with Crippen LogP contribution in [-0.4, -0.2) is 75.3 Å². The number of sulfone groups is 1. The Kier molecular flexibility index (Phi) is 6.45. The number of pyridine rings is 1. The summed E-state index contributed by atoms with van der Waals surface area (Å²) in [5, 5.41) is 14.8. The first kappa shape index (κ1) is 26.0. The van der Waals surface area contributed by atoms with Crippen LogP contribution in [0, 0.1) is 26.7 Å². The van der Waals surface area contributed by atoms with E-state index in [1.54, 1.807) is 6.33 Å². The topological polar surface area (TPSA) is 104 Å². The molecule has 0 unspecified atom stereocenters. The van der Waals surface area contributed by atoms with E-state index in [0.717, 1.165) is 30.6 Å². The van der Waals surface area contributed by atoms with Crippen molar-refractivity contribution in [2.45, 2.75) is 65.3 Å². The molecule has 5 heterocycles. The van der Waals surface area contributed by atoms with E-state index in [1.807, 2.05) is 15.9 Å². The van der Waals surface area contributed by atoms with Crippen LogP contribution in [0.4, 0.5) is 0 Å². The van der Waals surface area contributed by atoms with Gasteiger partial charge >= 0.3 is 0 Å². The molecule has 0 spiro atoms. The van der Waals surface area contributed by atoms with Crippen molar-refractivity contribution in [3.05, 3.63) is 39.7 Å². The van der Waals surface area contributed by atoms with Gasteiger partial charge in [-0.3, -0.25) is 4.90 Å². The summed E-state index contributed by atoms with van der Waals surface area (Å²) in [6, 6.07) is 0.453. The van der Waals surface area contributed by atoms with Gasteiger partial charge in [0, 0.05) is 41.2 Å². The smallest absolute Gasteiger partial charge is 0.158 e. The number of aryl methyl sites for hydroxylation is 2. The van der Waals surface area contributed by atoms with Gasteiger partial charge in [0.05, 0.1) is 23.8 Å². The highest BCUT2D eigenvalue weighted by molar-refractivity contribution is 7.91. The predicted octanol–water partition coefficient (Wildman–Crippen LogP) is 4.57. The van der Waals surface area contributed by atoms with Gasteiger partial charge in [0.15, 0.2) is 15.5 Å². The van der Waals surface area contributed by atoms with E-state index < -0.39 is 9.84 Å². The number of aromatic nitrogens is 4. The predicted molar refractivity (Wildman–Crippen MR) is 153 cm³/mol. The Balaban J connectivity index is 1.31. The standard InChI is InChI=1S/C28H37N5O3S2/c1-15(2)23-24-18(5)26(21-11-20-10-19(21)12-32(20)6-8-38(35,36)9-7-34)37-28(24)31-25(23)22-13-33-27(29-14-30-33)17(4)16(22)3/h13-15,19-21,31,34H,6-12H2,1-5H3/t19-,20-,21+/m0/s1. The quantitative estimate of drug-likeness (QED) is 0.330. The molecule has 2 fully saturated rings. The number of nitrogens with one attached hydrogen (secondary N) is 1. The van der Waals surface area contributed by atoms with Crippen molar-refractivity contribution in [3.8, 4) is 11.3 Å². The second-order valence-electron chi connectivity index (χ2n) is 11.5. The first-order valence-corrected chi connectivity index (χ1v) is 16.2. The van der Waals surface area contributed by atoms with Crippen molar-refractivity contribution >= 4 is 37.0 Å². The Morgan fingerprint density at radius 1 is 1.16 bits per heavy atom. The number of aliphatic hydroxyl groups is 1. The molecule has 0 radical (unpaired) electrons. The summed E-state index contributed by atoms with van der Waals surface area (Å²) in [7, 11) is -3.18. The maximum Gasteiger partial charge on any atom is 0.158 e. The molecule has 2 aliphatic rings. The molecule has 4 aromatic rings. The fourth-order valence-electron chi connectivity index (χ4n) is 6.98. The monoisotopic (exact) mass is 555 g/mol. The van der Waals surface area contributed by atoms with Gasteiger partial charge in [0.2, 0.25) is 0 Å². The minimum Gasteiger partial charge on any atom is -0.395 e. The highest BCUT2D eigenvalue weighted by Crippen LogP contribution is 2.53. The highest BCUT2D eigenvalue weighted by Gasteiger charge is 2.46. The lowest BCUT2D eigenvalue weighted by Crippen LogP contribution is -2.38. The van der Waals surface area contributed by atoms with E-state index >= 15 is 0 Å². The lowest BCUT2D eigenvalue weighted by atomic mass is 9.88. The van der Waals surface area contributed by atoms with Gasteiger partial charge in [-0.15, -0.1) is 11.3 Å². The number of thiophene rings is 1. The summed E-state index contributed by atoms with van der Waals surface area (Å²) < 4.78 is 26.1. The molecule has 4 aromatic heterocycles. The molecule has 2 bridgehead atoms. The zero-order valence-corrected chi connectivity index (χ0v) is 24.4. The molecule has 3 atom stereocenters. The molecule has 0 aromatic carbocycles. The largest absolute Gasteiger partial charge is 0.395 e. The third-order valence-corrected chi connectivity index (χ3v) is 12.0. The van der Waals surface area contributed by atoms with Gasteiger partial charge in [0.1, 0.15) is 11.2 Å². The third kappa shape index (κ3) is 4.11. The minimum atomic E-state index is -3.18. The fraction of sp³-hybridized carbons (Fsp3) is 0.571. The average Bonchev–Trinajstić information content (AvgIpc) is 3.67. The zero-order valence-electron chi connectivity index (χ0n) is 22.8. The molecule has 8 nitrogen and oxygen atoms in total. The number of fused-ring (bicyclic) bond motifs is 4. The molecular weight excluding hydrogens is 518 g/mol. The van der Waals surface area contributed by atoms with Gasteiger partial charge < -0.3 is 10.1 Å². The number of hydrogen-bond donors (Lipinski definition) is 2. The van der Waals surface area contributed by atoms with Gasteiger partial charge in [0.25, 0.3) is 0 Å². The van der Waals surface area contributed by atoms with Crippen molar-refractivity contribution < 1.29 is 13.5 Å². The van der Waals surface area contributed by atoms with Crippen LogP contribution in [0.15, 0.2) is 12.5 Å². The van der Waals surface area contributed by atoms with Crippen LogP contribution in [0.5, 0.6) is 0 Å². The number of aliphatic hydroxyl groups excluding tert-OH is 1. The number of aromatic amines is 1. The molecular formula is C28H37N5O3S2. The second kappa shape index (κ2) is 9.43. The van der Waals surface area contributed by atoms with Crippen LogP contribution in [0.1, 0.15) is 65.7 Å². The van der Waals surface area contributed by atoms with Crippen molar-refractivity contribution in [2.75, 3.05) is 31.2 Å². The summed E-state index contributed by atoms with van der Waals surface area (Å²) >= 11 is 1.92. The van der Waals surface area contributed by atoms with Crippen molar-refractivity contribution in [2.24, 2.45) is 5.92 Å². The number of likely N-dealkylation sites (tertiary alicyclic amines) is 1. The molecule has 10 heteroatoms. The molecule has 38 heavy (non-hydrogen) atoms. The molecule has 1 saturated heterocycles. The van der Waals surface area contributed by atoms with Gasteiger partial charge in [-0.2, -0.15) is 5.10 Å². The lowest BCUT2D eigenvalue weighted by molar-refractivity contribution is 0.211. The fourth-order valence-corrected chi connectivity index (χ4v) is 9.41. The number of H-pyrrole nitrogens is 1. The van der Waals surface area contributed by atoms with Gasteiger partial charge in [-0.25, -0.2) is 17.9 Å². The maximum absolute atomic E-state index is 12.1. The SMILES string of the molecule is Cc1c(-c2[nH]c3sc([C@@H]4C[C@@H]5C[C@H]4CN5CCS(=O)(=O)CCO)c(C)c3c2C(C)C)cn2ncnc2c1C. The van der Waals surface area contributed by atoms with E-state index in [9.17, 15) is 8.42 Å². The average molecular weight is 556 g/mol. The van der Waals surface area contributed by atoms with Crippen LogP contribution in [0.25, 0.3) is 27.1 Å². The highest BCUT2D eigenvalue weighted by atomic mass is 32.2. The number of piperidine rings is 1. The Morgan fingerprint density at radius 3 is 2.63 bits per heavy atom. The summed E-state index contributed by atoms with van der Waals surface area (Å²) in [5.41, 5.74) is 8.44. The normalized spacial score (nSPS) is 22.1. The van der Waals surface area contributed by atoms with E-state index in [4.69, 9.17) is 5.11 Å². The Labute approximate surface area is 228 Å².